The SMILES string of the molecule is CCC1NC(=O)CNC(=O)[C@H]([C@@H](C)CC)NC(=O)CNC(=O)C(Cc2c(C)[nH]c3cc(O)ccc23)NC(=O)[C@H]([C@@H](C)[C@@H](O)COC(=O)NCCCCCCN)NC(=O)[C@@H]2C[C@@H](O)CN2C(=O)[C@H](CC(N)=O)NC1=O. The van der Waals surface area contributed by atoms with Gasteiger partial charge in [0.2, 0.25) is 53.2 Å². The number of primary amides is 1. The minimum atomic E-state index is -1.79. The van der Waals surface area contributed by atoms with Crippen molar-refractivity contribution in [2.75, 3.05) is 39.3 Å². The van der Waals surface area contributed by atoms with Gasteiger partial charge in [-0.1, -0.05) is 47.0 Å². The van der Waals surface area contributed by atoms with Crippen molar-refractivity contribution >= 4 is 70.2 Å². The molecular weight excluding hydrogens is 969 g/mol. The molecule has 0 aliphatic carbocycles. The van der Waals surface area contributed by atoms with Gasteiger partial charge >= 0.3 is 6.09 Å². The van der Waals surface area contributed by atoms with Crippen LogP contribution in [0.25, 0.3) is 10.9 Å². The van der Waals surface area contributed by atoms with Crippen molar-refractivity contribution in [2.45, 2.75) is 141 Å². The van der Waals surface area contributed by atoms with Crippen LogP contribution >= 0.6 is 0 Å². The molecule has 26 heteroatoms. The molecule has 26 nitrogen and oxygen atoms in total. The number of hydrogen-bond donors (Lipinski definition) is 14. The molecule has 10 amide bonds. The summed E-state index contributed by atoms with van der Waals surface area (Å²) in [5.41, 5.74) is 12.6. The molecule has 0 saturated carbocycles. The summed E-state index contributed by atoms with van der Waals surface area (Å²) >= 11 is 0. The molecule has 1 aromatic heterocycles. The van der Waals surface area contributed by atoms with E-state index < -0.39 is 159 Å². The van der Waals surface area contributed by atoms with E-state index in [1.165, 1.54) is 26.0 Å². The molecule has 16 N–H and O–H groups in total. The fraction of sp³-hybridized carbons (Fsp3) is 0.625. The maximum Gasteiger partial charge on any atom is 0.407 e. The number of phenols is 1. The number of hydrogen-bond acceptors (Lipinski definition) is 15. The summed E-state index contributed by atoms with van der Waals surface area (Å²) in [4.78, 5) is 141. The van der Waals surface area contributed by atoms with Gasteiger partial charge < -0.3 is 83.9 Å². The first-order valence-corrected chi connectivity index (χ1v) is 25.0. The number of carbonyl (C=O) groups is 10. The van der Waals surface area contributed by atoms with Gasteiger partial charge in [-0.2, -0.15) is 0 Å². The predicted octanol–water partition coefficient (Wildman–Crippen LogP) is -3.07. The van der Waals surface area contributed by atoms with E-state index in [2.05, 4.69) is 47.5 Å². The van der Waals surface area contributed by atoms with Crippen LogP contribution in [-0.4, -0.2) is 172 Å². The predicted molar refractivity (Wildman–Crippen MR) is 266 cm³/mol. The van der Waals surface area contributed by atoms with Crippen LogP contribution < -0.4 is 54.0 Å². The van der Waals surface area contributed by atoms with E-state index in [1.54, 1.807) is 26.8 Å². The summed E-state index contributed by atoms with van der Waals surface area (Å²) in [6, 6.07) is -4.74. The van der Waals surface area contributed by atoms with Crippen molar-refractivity contribution < 1.29 is 68.0 Å². The van der Waals surface area contributed by atoms with Gasteiger partial charge in [0.15, 0.2) is 0 Å². The van der Waals surface area contributed by atoms with Gasteiger partial charge in [0, 0.05) is 54.5 Å². The highest BCUT2D eigenvalue weighted by Gasteiger charge is 2.45. The fourth-order valence-electron chi connectivity index (χ4n) is 8.67. The van der Waals surface area contributed by atoms with Gasteiger partial charge in [-0.25, -0.2) is 4.79 Å². The number of nitrogens with two attached hydrogens (primary N) is 2. The number of phenolic OH excluding ortho intramolecular Hbond substituents is 1. The quantitative estimate of drug-likeness (QED) is 0.0700. The zero-order valence-corrected chi connectivity index (χ0v) is 42.5. The second-order valence-corrected chi connectivity index (χ2v) is 18.9. The molecule has 410 valence electrons. The lowest BCUT2D eigenvalue weighted by atomic mass is 9.93. The van der Waals surface area contributed by atoms with Crippen molar-refractivity contribution in [3.63, 3.8) is 0 Å². The number of aromatic amines is 1. The first kappa shape index (κ1) is 59.5. The molecule has 10 atom stereocenters. The molecular formula is C48H74N12O14. The van der Waals surface area contributed by atoms with E-state index in [9.17, 15) is 63.3 Å². The smallest absolute Gasteiger partial charge is 0.407 e. The van der Waals surface area contributed by atoms with Crippen LogP contribution in [0, 0.1) is 18.8 Å². The summed E-state index contributed by atoms with van der Waals surface area (Å²) in [6.45, 7) is 6.23. The Morgan fingerprint density at radius 1 is 0.824 bits per heavy atom. The number of H-pyrrole nitrogens is 1. The lowest BCUT2D eigenvalue weighted by Gasteiger charge is -2.32. The molecule has 0 bridgehead atoms. The first-order chi connectivity index (χ1) is 35.1. The largest absolute Gasteiger partial charge is 0.508 e. The highest BCUT2D eigenvalue weighted by molar-refractivity contribution is 5.99. The average Bonchev–Trinajstić information content (AvgIpc) is 3.90. The Balaban J connectivity index is 1.78. The Hall–Kier alpha value is -7.06. The van der Waals surface area contributed by atoms with Gasteiger partial charge in [0.25, 0.3) is 0 Å². The minimum absolute atomic E-state index is 0.0423. The number of nitrogens with zero attached hydrogens (tertiary/aromatic N) is 1. The lowest BCUT2D eigenvalue weighted by Crippen LogP contribution is -2.61. The third-order valence-corrected chi connectivity index (χ3v) is 13.2. The molecule has 2 unspecified atom stereocenters. The number of rotatable bonds is 17. The molecule has 74 heavy (non-hydrogen) atoms. The van der Waals surface area contributed by atoms with E-state index in [4.69, 9.17) is 16.2 Å². The lowest BCUT2D eigenvalue weighted by molar-refractivity contribution is -0.144. The number of benzene rings is 1. The second-order valence-electron chi connectivity index (χ2n) is 18.9. The fourth-order valence-corrected chi connectivity index (χ4v) is 8.67. The Kier molecular flexibility index (Phi) is 22.8. The normalized spacial score (nSPS) is 24.4. The van der Waals surface area contributed by atoms with Gasteiger partial charge in [0.1, 0.15) is 48.6 Å². The number of ether oxygens (including phenoxy) is 1. The molecule has 0 spiro atoms. The summed E-state index contributed by atoms with van der Waals surface area (Å²) < 4.78 is 5.27. The van der Waals surface area contributed by atoms with Crippen molar-refractivity contribution in [1.29, 1.82) is 0 Å². The van der Waals surface area contributed by atoms with Gasteiger partial charge in [-0.15, -0.1) is 0 Å². The Labute approximate surface area is 428 Å². The number of fused-ring (bicyclic) bond motifs is 2. The van der Waals surface area contributed by atoms with E-state index >= 15 is 0 Å². The topological polar surface area (TPSA) is 408 Å². The van der Waals surface area contributed by atoms with Crippen LogP contribution in [0.4, 0.5) is 4.79 Å². The first-order valence-electron chi connectivity index (χ1n) is 25.0. The molecule has 2 aliphatic rings. The van der Waals surface area contributed by atoms with E-state index in [1.807, 2.05) is 0 Å². The Morgan fingerprint density at radius 2 is 1.49 bits per heavy atom. The summed E-state index contributed by atoms with van der Waals surface area (Å²) in [5, 5.41) is 53.2. The maximum absolute atomic E-state index is 14.8. The number of alkyl carbamates (subject to hydrolysis) is 1. The third kappa shape index (κ3) is 17.0. The van der Waals surface area contributed by atoms with Crippen LogP contribution in [0.15, 0.2) is 18.2 Å². The van der Waals surface area contributed by atoms with Crippen LogP contribution in [0.2, 0.25) is 0 Å². The Bertz CT molecular complexity index is 2350. The zero-order chi connectivity index (χ0) is 54.8. The highest BCUT2D eigenvalue weighted by atomic mass is 16.6. The van der Waals surface area contributed by atoms with Gasteiger partial charge in [0.05, 0.1) is 31.7 Å². The summed E-state index contributed by atoms with van der Waals surface area (Å²) in [7, 11) is 0. The van der Waals surface area contributed by atoms with E-state index in [0.29, 0.717) is 41.5 Å². The number of carbonyl (C=O) groups excluding carboxylic acids is 10. The van der Waals surface area contributed by atoms with E-state index in [0.717, 1.165) is 24.2 Å². The zero-order valence-electron chi connectivity index (χ0n) is 42.5. The highest BCUT2D eigenvalue weighted by Crippen LogP contribution is 2.27. The molecule has 2 fully saturated rings. The molecule has 0 radical (unpaired) electrons. The molecule has 2 aromatic rings. The number of unbranched alkanes of at least 4 members (excludes halogenated alkanes) is 3. The van der Waals surface area contributed by atoms with Crippen molar-refractivity contribution in [3.8, 4) is 5.75 Å². The van der Waals surface area contributed by atoms with Crippen molar-refractivity contribution in [1.82, 2.24) is 52.4 Å². The van der Waals surface area contributed by atoms with Crippen molar-refractivity contribution in [2.24, 2.45) is 23.3 Å². The molecule has 3 heterocycles. The van der Waals surface area contributed by atoms with E-state index in [-0.39, 0.29) is 25.1 Å². The van der Waals surface area contributed by atoms with Crippen LogP contribution in [0.5, 0.6) is 5.75 Å². The number of aryl methyl sites for hydroxylation is 1. The number of nitrogens with one attached hydrogen (secondary N) is 9. The molecule has 2 saturated heterocycles. The number of aliphatic hydroxyl groups excluding tert-OH is 2. The number of aromatic hydroxyl groups is 1. The number of aromatic nitrogens is 1. The molecule has 1 aromatic carbocycles. The molecule has 4 rings (SSSR count). The van der Waals surface area contributed by atoms with Gasteiger partial charge in [-0.05, 0) is 56.3 Å². The molecule has 2 aliphatic heterocycles. The maximum atomic E-state index is 14.8. The summed E-state index contributed by atoms with van der Waals surface area (Å²) in [5.74, 6) is -10.4. The minimum Gasteiger partial charge on any atom is -0.508 e. The van der Waals surface area contributed by atoms with Crippen LogP contribution in [-0.2, 0) is 54.3 Å². The van der Waals surface area contributed by atoms with Gasteiger partial charge in [-0.3, -0.25) is 43.2 Å². The van der Waals surface area contributed by atoms with Crippen molar-refractivity contribution in [3.05, 3.63) is 29.5 Å². The number of aliphatic hydroxyl groups is 2. The van der Waals surface area contributed by atoms with Crippen LogP contribution in [0.3, 0.4) is 0 Å². The van der Waals surface area contributed by atoms with Crippen LogP contribution in [0.1, 0.15) is 90.3 Å². The monoisotopic (exact) mass is 1040 g/mol. The Morgan fingerprint density at radius 3 is 2.15 bits per heavy atom. The number of amides is 10. The third-order valence-electron chi connectivity index (χ3n) is 13.2. The average molecular weight is 1040 g/mol. The summed E-state index contributed by atoms with van der Waals surface area (Å²) in [6.07, 6.45) is -1.90. The standard InChI is InChI=1S/C48H74N12O14/c1-6-24(3)40-45(70)53-20-38(65)55-31(7-2)43(68)57-34(19-37(50)64)47(72)60-22-28(62)17-35(60)44(69)59-41(25(4)36(63)23-74-48(73)51-15-11-9-8-10-14-49)46(71)56-33(42(67)52-21-39(66)58-40)18-30-26(5)54-32-16-27(61)12-13-29(30)32/h12-13,16,24-25,28,31,33-36,40-41,54,61-63H,6-11,14-15,17-23,49H2,1-5H3,(H2,50,64)(H,51,73)(H,52,67)(H,53,70)(H,55,65)(H,56,71)(H,57,68)(H,58,66)(H,59,69)/t24-,25-,28+,31?,33?,34-,35-,36-,40-,41-/m0/s1. The second kappa shape index (κ2) is 28.4.